The number of allylic oxidation sites excluding steroid dienone is 4. The summed E-state index contributed by atoms with van der Waals surface area (Å²) < 4.78 is 44.6. The van der Waals surface area contributed by atoms with Crippen molar-refractivity contribution in [1.82, 2.24) is 0 Å². The molecule has 3 aliphatic rings. The second kappa shape index (κ2) is 17.6. The topological polar surface area (TPSA) is 222 Å². The lowest BCUT2D eigenvalue weighted by Crippen LogP contribution is -2.63. The van der Waals surface area contributed by atoms with Crippen molar-refractivity contribution in [2.24, 2.45) is 0 Å². The molecular weight excluding hydrogens is 798 g/mol. The summed E-state index contributed by atoms with van der Waals surface area (Å²) in [4.78, 5) is 103. The Morgan fingerprint density at radius 1 is 0.672 bits per heavy atom. The highest BCUT2D eigenvalue weighted by Gasteiger charge is 2.53. The van der Waals surface area contributed by atoms with Crippen molar-refractivity contribution in [3.8, 4) is 17.2 Å². The monoisotopic (exact) mass is 839 g/mol. The molecule has 0 aromatic heterocycles. The summed E-state index contributed by atoms with van der Waals surface area (Å²) in [6.07, 6.45) is -4.74. The summed E-state index contributed by atoms with van der Waals surface area (Å²) >= 11 is 0. The Morgan fingerprint density at radius 2 is 1.31 bits per heavy atom. The van der Waals surface area contributed by atoms with Gasteiger partial charge in [-0.1, -0.05) is 0 Å². The maximum atomic E-state index is 14.2. The maximum Gasteiger partial charge on any atom is 0.303 e. The third-order valence-corrected chi connectivity index (χ3v) is 9.78. The quantitative estimate of drug-likeness (QED) is 0.194. The molecule has 3 aromatic rings. The summed E-state index contributed by atoms with van der Waals surface area (Å²) in [5, 5.41) is 2.94. The lowest BCUT2D eigenvalue weighted by Gasteiger charge is -2.43. The van der Waals surface area contributed by atoms with Gasteiger partial charge in [0.1, 0.15) is 30.0 Å². The molecule has 17 nitrogen and oxygen atoms in total. The van der Waals surface area contributed by atoms with Crippen LogP contribution in [0.5, 0.6) is 17.2 Å². The molecule has 1 unspecified atom stereocenters. The van der Waals surface area contributed by atoms with Crippen molar-refractivity contribution >= 4 is 58.3 Å². The molecule has 61 heavy (non-hydrogen) atoms. The third-order valence-electron chi connectivity index (χ3n) is 9.78. The first-order chi connectivity index (χ1) is 28.9. The summed E-state index contributed by atoms with van der Waals surface area (Å²) in [6, 6.07) is 10.6. The van der Waals surface area contributed by atoms with Crippen molar-refractivity contribution in [3.05, 3.63) is 99.3 Å². The number of Topliss-reactive ketones (excluding diaryl/α,β-unsaturated/α-hetero) is 2. The Bertz CT molecular complexity index is 2450. The van der Waals surface area contributed by atoms with Crippen molar-refractivity contribution in [1.29, 1.82) is 0 Å². The zero-order chi connectivity index (χ0) is 44.4. The average molecular weight is 840 g/mol. The van der Waals surface area contributed by atoms with Gasteiger partial charge in [0.05, 0.1) is 31.0 Å². The fourth-order valence-corrected chi connectivity index (χ4v) is 7.38. The van der Waals surface area contributed by atoms with Gasteiger partial charge in [-0.25, -0.2) is 0 Å². The number of carbonyl (C=O) groups excluding carboxylic acids is 8. The third kappa shape index (κ3) is 8.91. The number of rotatable bonds is 12. The molecule has 1 fully saturated rings. The minimum Gasteiger partial charge on any atom is -0.496 e. The van der Waals surface area contributed by atoms with Crippen LogP contribution in [0.3, 0.4) is 0 Å². The molecule has 1 saturated heterocycles. The van der Waals surface area contributed by atoms with E-state index in [0.717, 1.165) is 33.8 Å². The Balaban J connectivity index is 1.28. The molecule has 5 atom stereocenters. The minimum absolute atomic E-state index is 0.0149. The smallest absolute Gasteiger partial charge is 0.303 e. The largest absolute Gasteiger partial charge is 0.496 e. The Kier molecular flexibility index (Phi) is 12.5. The van der Waals surface area contributed by atoms with Gasteiger partial charge in [-0.2, -0.15) is 0 Å². The number of ether oxygens (including phenoxy) is 8. The number of aryl methyl sites for hydroxylation is 2. The SMILES string of the molecule is COc1cc(C)cc2c1C(=O)C=C(c1c(C)cc3c(c1OC)C(=O)C(Nc1ccc(OC4O[C@H](COC(C)=O)[C@@H](OC(C)=O)[C@H](OC(C)=O)[C@@H]4OC(C)=O)cc1)=CC3=O)C2=O. The van der Waals surface area contributed by atoms with E-state index in [9.17, 15) is 38.4 Å². The summed E-state index contributed by atoms with van der Waals surface area (Å²) in [7, 11) is 2.70. The maximum absolute atomic E-state index is 14.2. The van der Waals surface area contributed by atoms with E-state index in [2.05, 4.69) is 5.32 Å². The minimum atomic E-state index is -1.50. The van der Waals surface area contributed by atoms with Gasteiger partial charge >= 0.3 is 23.9 Å². The Labute approximate surface area is 348 Å². The highest BCUT2D eigenvalue weighted by atomic mass is 16.7. The van der Waals surface area contributed by atoms with Crippen LogP contribution in [0.1, 0.15) is 85.8 Å². The summed E-state index contributed by atoms with van der Waals surface area (Å²) in [5.41, 5.74) is 1.62. The van der Waals surface area contributed by atoms with E-state index in [0.29, 0.717) is 16.8 Å². The predicted molar refractivity (Wildman–Crippen MR) is 211 cm³/mol. The summed E-state index contributed by atoms with van der Waals surface area (Å²) in [6.45, 7) is 7.40. The van der Waals surface area contributed by atoms with Crippen LogP contribution in [0.4, 0.5) is 5.69 Å². The number of hydrogen-bond acceptors (Lipinski definition) is 17. The first kappa shape index (κ1) is 43.4. The van der Waals surface area contributed by atoms with E-state index >= 15 is 0 Å². The van der Waals surface area contributed by atoms with Crippen molar-refractivity contribution in [2.75, 3.05) is 26.1 Å². The molecule has 0 spiro atoms. The van der Waals surface area contributed by atoms with Gasteiger partial charge in [-0.05, 0) is 73.5 Å². The second-order valence-electron chi connectivity index (χ2n) is 14.3. The van der Waals surface area contributed by atoms with E-state index in [1.54, 1.807) is 26.0 Å². The second-order valence-corrected chi connectivity index (χ2v) is 14.3. The summed E-state index contributed by atoms with van der Waals surface area (Å²) in [5.74, 6) is -4.93. The molecule has 0 saturated carbocycles. The van der Waals surface area contributed by atoms with Crippen LogP contribution < -0.4 is 19.5 Å². The van der Waals surface area contributed by atoms with Gasteiger partial charge in [-0.3, -0.25) is 38.4 Å². The lowest BCUT2D eigenvalue weighted by atomic mass is 9.80. The van der Waals surface area contributed by atoms with Crippen LogP contribution in [0, 0.1) is 13.8 Å². The fraction of sp³-hybridized carbons (Fsp3) is 0.318. The van der Waals surface area contributed by atoms with Crippen LogP contribution in [-0.4, -0.2) is 98.5 Å². The molecule has 1 N–H and O–H groups in total. The number of ketones is 4. The number of carbonyl (C=O) groups is 8. The Hall–Kier alpha value is -7.14. The number of nitrogens with one attached hydrogen (secondary N) is 1. The number of esters is 4. The molecule has 1 heterocycles. The number of anilines is 1. The number of benzene rings is 3. The van der Waals surface area contributed by atoms with E-state index < -0.39 is 84.3 Å². The Morgan fingerprint density at radius 3 is 1.92 bits per heavy atom. The van der Waals surface area contributed by atoms with Gasteiger partial charge < -0.3 is 43.2 Å². The van der Waals surface area contributed by atoms with Gasteiger partial charge in [0.25, 0.3) is 0 Å². The zero-order valence-corrected chi connectivity index (χ0v) is 34.3. The molecule has 17 heteroatoms. The molecule has 6 rings (SSSR count). The van der Waals surface area contributed by atoms with E-state index in [1.807, 2.05) is 0 Å². The van der Waals surface area contributed by atoms with E-state index in [1.165, 1.54) is 50.6 Å². The molecular formula is C44H41NO16. The predicted octanol–water partition coefficient (Wildman–Crippen LogP) is 4.62. The fourth-order valence-electron chi connectivity index (χ4n) is 7.38. The van der Waals surface area contributed by atoms with Crippen LogP contribution >= 0.6 is 0 Å². The van der Waals surface area contributed by atoms with Crippen LogP contribution in [-0.2, 0) is 42.9 Å². The molecule has 0 amide bonds. The normalized spacial score (nSPS) is 20.6. The van der Waals surface area contributed by atoms with Gasteiger partial charge in [0.15, 0.2) is 29.6 Å². The zero-order valence-electron chi connectivity index (χ0n) is 34.3. The van der Waals surface area contributed by atoms with Crippen molar-refractivity contribution < 1.29 is 76.3 Å². The van der Waals surface area contributed by atoms with Gasteiger partial charge in [0.2, 0.25) is 18.2 Å². The first-order valence-corrected chi connectivity index (χ1v) is 18.8. The standard InChI is InChI=1S/C44H41NO16/c1-19-13-28-36(33(14-19)54-7)32(51)16-29(38(28)52)35-20(2)15-27-31(50)17-30(39(53)37(27)41(35)55-8)45-25-9-11-26(12-10-25)60-44-43(59-24(6)49)42(58-23(5)48)40(57-22(4)47)34(61-44)18-56-21(3)46/h9-17,34,40,42-45H,18H2,1-8H3/t34-,40-,42+,43+,44?/m1/s1. The van der Waals surface area contributed by atoms with Crippen molar-refractivity contribution in [3.63, 3.8) is 0 Å². The van der Waals surface area contributed by atoms with E-state index in [-0.39, 0.29) is 56.3 Å². The van der Waals surface area contributed by atoms with E-state index in [4.69, 9.17) is 37.9 Å². The number of methoxy groups -OCH3 is 2. The molecule has 318 valence electrons. The number of hydrogen-bond donors (Lipinski definition) is 1. The molecule has 0 radical (unpaired) electrons. The molecule has 3 aromatic carbocycles. The van der Waals surface area contributed by atoms with Crippen molar-refractivity contribution in [2.45, 2.75) is 72.2 Å². The lowest BCUT2D eigenvalue weighted by molar-refractivity contribution is -0.288. The highest BCUT2D eigenvalue weighted by Crippen LogP contribution is 2.43. The van der Waals surface area contributed by atoms with Crippen LogP contribution in [0.2, 0.25) is 0 Å². The average Bonchev–Trinajstić information content (AvgIpc) is 3.19. The van der Waals surface area contributed by atoms with Gasteiger partial charge in [-0.15, -0.1) is 0 Å². The molecule has 1 aliphatic heterocycles. The molecule has 0 bridgehead atoms. The first-order valence-electron chi connectivity index (χ1n) is 18.8. The molecule has 2 aliphatic carbocycles. The van der Waals surface area contributed by atoms with Gasteiger partial charge in [0, 0.05) is 61.7 Å². The number of fused-ring (bicyclic) bond motifs is 2. The van der Waals surface area contributed by atoms with Crippen LogP contribution in [0.15, 0.2) is 60.3 Å². The highest BCUT2D eigenvalue weighted by molar-refractivity contribution is 6.40. The van der Waals surface area contributed by atoms with Crippen LogP contribution in [0.25, 0.3) is 5.57 Å².